The second-order valence-electron chi connectivity index (χ2n) is 6.59. The molecule has 3 heterocycles. The molecule has 2 aromatic heterocycles. The van der Waals surface area contributed by atoms with E-state index in [-0.39, 0.29) is 18.5 Å². The number of pyridine rings is 1. The van der Waals surface area contributed by atoms with Crippen molar-refractivity contribution in [2.75, 3.05) is 19.5 Å². The highest BCUT2D eigenvalue weighted by molar-refractivity contribution is 7.98. The third-order valence-electron chi connectivity index (χ3n) is 4.80. The predicted octanol–water partition coefficient (Wildman–Crippen LogP) is 3.44. The normalized spacial score (nSPS) is 16.5. The minimum absolute atomic E-state index is 0.200. The van der Waals surface area contributed by atoms with Crippen LogP contribution in [0.15, 0.2) is 29.4 Å². The average molecular weight is 388 g/mol. The van der Waals surface area contributed by atoms with Crippen LogP contribution in [0.5, 0.6) is 0 Å². The van der Waals surface area contributed by atoms with Crippen molar-refractivity contribution >= 4 is 23.5 Å². The van der Waals surface area contributed by atoms with Gasteiger partial charge in [0.05, 0.1) is 11.7 Å². The van der Waals surface area contributed by atoms with Gasteiger partial charge in [-0.3, -0.25) is 4.79 Å². The summed E-state index contributed by atoms with van der Waals surface area (Å²) in [6.45, 7) is 5.16. The molecule has 1 saturated heterocycles. The lowest BCUT2D eigenvalue weighted by molar-refractivity contribution is 0.0470. The maximum absolute atomic E-state index is 12.6. The molecule has 0 unspecified atom stereocenters. The molecule has 7 heteroatoms. The van der Waals surface area contributed by atoms with Gasteiger partial charge in [-0.25, -0.2) is 9.78 Å². The zero-order valence-electron chi connectivity index (χ0n) is 15.9. The fourth-order valence-corrected chi connectivity index (χ4v) is 3.89. The number of esters is 1. The van der Waals surface area contributed by atoms with Crippen LogP contribution in [0.4, 0.5) is 0 Å². The highest BCUT2D eigenvalue weighted by Gasteiger charge is 2.22. The lowest BCUT2D eigenvalue weighted by Gasteiger charge is -2.14. The molecule has 2 aromatic rings. The first-order valence-electron chi connectivity index (χ1n) is 8.99. The van der Waals surface area contributed by atoms with Gasteiger partial charge in [-0.15, -0.1) is 11.8 Å². The number of thioether (sulfide) groups is 1. The van der Waals surface area contributed by atoms with Gasteiger partial charge in [0, 0.05) is 36.3 Å². The summed E-state index contributed by atoms with van der Waals surface area (Å²) in [5.74, 6) is -0.737. The SMILES string of the molecule is CSc1ncccc1C(=O)OCC(=O)c1cc(C)n(C[C@H]2CCCO2)c1C. The number of ether oxygens (including phenoxy) is 2. The Hall–Kier alpha value is -2.12. The number of rotatable bonds is 7. The number of ketones is 1. The Morgan fingerprint density at radius 1 is 1.37 bits per heavy atom. The maximum Gasteiger partial charge on any atom is 0.341 e. The number of carbonyl (C=O) groups is 2. The Balaban J connectivity index is 1.66. The van der Waals surface area contributed by atoms with Gasteiger partial charge in [0.25, 0.3) is 0 Å². The van der Waals surface area contributed by atoms with Crippen LogP contribution >= 0.6 is 11.8 Å². The van der Waals surface area contributed by atoms with Crippen molar-refractivity contribution in [2.45, 2.75) is 44.4 Å². The van der Waals surface area contributed by atoms with Crippen molar-refractivity contribution in [2.24, 2.45) is 0 Å². The van der Waals surface area contributed by atoms with E-state index in [1.54, 1.807) is 18.3 Å². The molecule has 0 aromatic carbocycles. The lowest BCUT2D eigenvalue weighted by Crippen LogP contribution is -2.18. The highest BCUT2D eigenvalue weighted by Crippen LogP contribution is 2.21. The minimum atomic E-state index is -0.533. The van der Waals surface area contributed by atoms with Gasteiger partial charge in [0.15, 0.2) is 6.61 Å². The fourth-order valence-electron chi connectivity index (χ4n) is 3.35. The van der Waals surface area contributed by atoms with Crippen LogP contribution in [-0.4, -0.2) is 46.9 Å². The zero-order valence-corrected chi connectivity index (χ0v) is 16.7. The van der Waals surface area contributed by atoms with Crippen molar-refractivity contribution in [3.05, 3.63) is 46.9 Å². The van der Waals surface area contributed by atoms with Crippen LogP contribution in [0.1, 0.15) is 44.9 Å². The van der Waals surface area contributed by atoms with Crippen LogP contribution in [0.2, 0.25) is 0 Å². The molecule has 0 spiro atoms. The van der Waals surface area contributed by atoms with E-state index in [2.05, 4.69) is 9.55 Å². The van der Waals surface area contributed by atoms with Crippen molar-refractivity contribution < 1.29 is 19.1 Å². The quantitative estimate of drug-likeness (QED) is 0.411. The molecular weight excluding hydrogens is 364 g/mol. The third kappa shape index (κ3) is 4.42. The van der Waals surface area contributed by atoms with E-state index < -0.39 is 5.97 Å². The number of aryl methyl sites for hydroxylation is 1. The first kappa shape index (κ1) is 19.6. The number of hydrogen-bond acceptors (Lipinski definition) is 6. The van der Waals surface area contributed by atoms with Gasteiger partial charge in [-0.2, -0.15) is 0 Å². The van der Waals surface area contributed by atoms with E-state index in [1.807, 2.05) is 26.2 Å². The summed E-state index contributed by atoms with van der Waals surface area (Å²) in [5.41, 5.74) is 2.86. The summed E-state index contributed by atoms with van der Waals surface area (Å²) < 4.78 is 13.1. The van der Waals surface area contributed by atoms with Crippen molar-refractivity contribution in [1.82, 2.24) is 9.55 Å². The first-order chi connectivity index (χ1) is 13.0. The molecule has 1 fully saturated rings. The molecule has 1 aliphatic heterocycles. The zero-order chi connectivity index (χ0) is 19.4. The summed E-state index contributed by atoms with van der Waals surface area (Å²) in [6.07, 6.45) is 5.79. The highest BCUT2D eigenvalue weighted by atomic mass is 32.2. The minimum Gasteiger partial charge on any atom is -0.454 e. The Labute approximate surface area is 163 Å². The monoisotopic (exact) mass is 388 g/mol. The topological polar surface area (TPSA) is 70.4 Å². The summed E-state index contributed by atoms with van der Waals surface area (Å²) >= 11 is 1.37. The molecule has 3 rings (SSSR count). The number of nitrogens with zero attached hydrogens (tertiary/aromatic N) is 2. The number of aromatic nitrogens is 2. The third-order valence-corrected chi connectivity index (χ3v) is 5.52. The Bertz CT molecular complexity index is 841. The molecular formula is C20H24N2O4S. The summed E-state index contributed by atoms with van der Waals surface area (Å²) in [6, 6.07) is 5.19. The molecule has 0 N–H and O–H groups in total. The second-order valence-corrected chi connectivity index (χ2v) is 7.38. The summed E-state index contributed by atoms with van der Waals surface area (Å²) in [7, 11) is 0. The molecule has 6 nitrogen and oxygen atoms in total. The molecule has 144 valence electrons. The molecule has 0 saturated carbocycles. The standard InChI is InChI=1S/C20H24N2O4S/c1-13-10-17(14(2)22(13)11-15-6-5-9-25-15)18(23)12-26-20(24)16-7-4-8-21-19(16)27-3/h4,7-8,10,15H,5-6,9,11-12H2,1-3H3/t15-/m1/s1. The predicted molar refractivity (Wildman–Crippen MR) is 104 cm³/mol. The smallest absolute Gasteiger partial charge is 0.341 e. The largest absolute Gasteiger partial charge is 0.454 e. The van der Waals surface area contributed by atoms with Crippen molar-refractivity contribution in [3.63, 3.8) is 0 Å². The number of Topliss-reactive ketones (excluding diaryl/α,β-unsaturated/α-hetero) is 1. The molecule has 0 radical (unpaired) electrons. The van der Waals surface area contributed by atoms with Crippen LogP contribution in [0, 0.1) is 13.8 Å². The van der Waals surface area contributed by atoms with E-state index >= 15 is 0 Å². The summed E-state index contributed by atoms with van der Waals surface area (Å²) in [4.78, 5) is 29.1. The number of carbonyl (C=O) groups excluding carboxylic acids is 2. The van der Waals surface area contributed by atoms with Gasteiger partial charge >= 0.3 is 5.97 Å². The molecule has 1 atom stereocenters. The van der Waals surface area contributed by atoms with Crippen molar-refractivity contribution in [3.8, 4) is 0 Å². The molecule has 1 aliphatic rings. The molecule has 0 amide bonds. The second kappa shape index (κ2) is 8.71. The van der Waals surface area contributed by atoms with E-state index in [9.17, 15) is 9.59 Å². The van der Waals surface area contributed by atoms with Crippen LogP contribution in [0.25, 0.3) is 0 Å². The van der Waals surface area contributed by atoms with E-state index in [1.165, 1.54) is 11.8 Å². The Morgan fingerprint density at radius 3 is 2.89 bits per heavy atom. The van der Waals surface area contributed by atoms with Gasteiger partial charge in [0.2, 0.25) is 5.78 Å². The van der Waals surface area contributed by atoms with Crippen LogP contribution < -0.4 is 0 Å². The molecule has 0 bridgehead atoms. The van der Waals surface area contributed by atoms with E-state index in [4.69, 9.17) is 9.47 Å². The average Bonchev–Trinajstić information content (AvgIpc) is 3.29. The van der Waals surface area contributed by atoms with Crippen LogP contribution in [0.3, 0.4) is 0 Å². The lowest BCUT2D eigenvalue weighted by atomic mass is 10.1. The van der Waals surface area contributed by atoms with Gasteiger partial charge in [0.1, 0.15) is 5.03 Å². The fraction of sp³-hybridized carbons (Fsp3) is 0.450. The number of hydrogen-bond donors (Lipinski definition) is 0. The first-order valence-corrected chi connectivity index (χ1v) is 10.2. The maximum atomic E-state index is 12.6. The van der Waals surface area contributed by atoms with Gasteiger partial charge in [-0.1, -0.05) is 0 Å². The Kier molecular flexibility index (Phi) is 6.34. The van der Waals surface area contributed by atoms with Crippen molar-refractivity contribution in [1.29, 1.82) is 0 Å². The van der Waals surface area contributed by atoms with E-state index in [0.717, 1.165) is 37.4 Å². The molecule has 0 aliphatic carbocycles. The van der Waals surface area contributed by atoms with Crippen LogP contribution in [-0.2, 0) is 16.0 Å². The van der Waals surface area contributed by atoms with Gasteiger partial charge < -0.3 is 14.0 Å². The summed E-state index contributed by atoms with van der Waals surface area (Å²) in [5, 5.41) is 0.588. The molecule has 27 heavy (non-hydrogen) atoms. The van der Waals surface area contributed by atoms with E-state index in [0.29, 0.717) is 16.2 Å². The van der Waals surface area contributed by atoms with Gasteiger partial charge in [-0.05, 0) is 51.1 Å². The Morgan fingerprint density at radius 2 is 2.19 bits per heavy atom.